The molecule has 2 amide bonds. The van der Waals surface area contributed by atoms with Crippen LogP contribution in [0.25, 0.3) is 0 Å². The van der Waals surface area contributed by atoms with Crippen molar-refractivity contribution >= 4 is 11.8 Å². The van der Waals surface area contributed by atoms with Crippen LogP contribution in [0.15, 0.2) is 42.6 Å². The van der Waals surface area contributed by atoms with Gasteiger partial charge in [-0.05, 0) is 48.6 Å². The van der Waals surface area contributed by atoms with E-state index < -0.39 is 0 Å². The molecule has 0 saturated carbocycles. The second-order valence-corrected chi connectivity index (χ2v) is 5.64. The van der Waals surface area contributed by atoms with Crippen molar-refractivity contribution in [1.29, 1.82) is 0 Å². The summed E-state index contributed by atoms with van der Waals surface area (Å²) in [7, 11) is 0. The number of anilines is 1. The quantitative estimate of drug-likeness (QED) is 0.893. The van der Waals surface area contributed by atoms with E-state index in [1.54, 1.807) is 11.0 Å². The lowest BCUT2D eigenvalue weighted by atomic mass is 9.89. The van der Waals surface area contributed by atoms with Gasteiger partial charge in [-0.2, -0.15) is 0 Å². The molecule has 3 rings (SSSR count). The summed E-state index contributed by atoms with van der Waals surface area (Å²) in [5.74, 6) is 0.593. The van der Waals surface area contributed by atoms with Gasteiger partial charge in [-0.15, -0.1) is 0 Å². The van der Waals surface area contributed by atoms with Crippen molar-refractivity contribution in [3.63, 3.8) is 0 Å². The molecule has 0 spiro atoms. The van der Waals surface area contributed by atoms with Crippen LogP contribution in [-0.2, 0) is 0 Å². The summed E-state index contributed by atoms with van der Waals surface area (Å²) in [6.07, 6.45) is 2.99. The predicted molar refractivity (Wildman–Crippen MR) is 84.9 cm³/mol. The van der Waals surface area contributed by atoms with Crippen molar-refractivity contribution in [1.82, 2.24) is 9.88 Å². The van der Waals surface area contributed by atoms with Crippen LogP contribution in [0.2, 0.25) is 0 Å². The topological polar surface area (TPSA) is 65.5 Å². The molecule has 120 valence electrons. The van der Waals surface area contributed by atoms with Crippen LogP contribution < -0.4 is 5.32 Å². The molecule has 0 aliphatic carbocycles. The standard InChI is InChI=1S/C17H18FN3O2/c18-14-3-1-12(2-4-14)13-7-9-21(10-8-13)17(23)20-16-6-5-15(22)11-19-16/h1-6,11,13,22H,7-10H2,(H,19,20,23). The number of carbonyl (C=O) groups is 1. The fourth-order valence-corrected chi connectivity index (χ4v) is 2.80. The Morgan fingerprint density at radius 3 is 2.48 bits per heavy atom. The van der Waals surface area contributed by atoms with E-state index in [1.807, 2.05) is 12.1 Å². The number of hydrogen-bond acceptors (Lipinski definition) is 3. The van der Waals surface area contributed by atoms with E-state index in [-0.39, 0.29) is 17.6 Å². The van der Waals surface area contributed by atoms with Crippen LogP contribution >= 0.6 is 0 Å². The summed E-state index contributed by atoms with van der Waals surface area (Å²) in [5.41, 5.74) is 1.12. The molecule has 0 atom stereocenters. The molecular formula is C17H18FN3O2. The van der Waals surface area contributed by atoms with Crippen LogP contribution in [0.4, 0.5) is 15.0 Å². The summed E-state index contributed by atoms with van der Waals surface area (Å²) in [4.78, 5) is 17.9. The lowest BCUT2D eigenvalue weighted by Crippen LogP contribution is -2.40. The van der Waals surface area contributed by atoms with Crippen LogP contribution in [0, 0.1) is 5.82 Å². The Hall–Kier alpha value is -2.63. The minimum Gasteiger partial charge on any atom is -0.506 e. The van der Waals surface area contributed by atoms with Crippen LogP contribution in [0.5, 0.6) is 5.75 Å². The van der Waals surface area contributed by atoms with E-state index in [0.717, 1.165) is 18.4 Å². The number of pyridine rings is 1. The predicted octanol–water partition coefficient (Wildman–Crippen LogP) is 3.34. The second-order valence-electron chi connectivity index (χ2n) is 5.64. The van der Waals surface area contributed by atoms with Crippen molar-refractivity contribution in [2.75, 3.05) is 18.4 Å². The first-order chi connectivity index (χ1) is 11.1. The smallest absolute Gasteiger partial charge is 0.323 e. The minimum absolute atomic E-state index is 0.0584. The van der Waals surface area contributed by atoms with E-state index in [0.29, 0.717) is 24.8 Å². The number of rotatable bonds is 2. The largest absolute Gasteiger partial charge is 0.506 e. The molecule has 6 heteroatoms. The Morgan fingerprint density at radius 2 is 1.87 bits per heavy atom. The molecule has 1 aromatic heterocycles. The molecule has 1 saturated heterocycles. The minimum atomic E-state index is -0.230. The number of urea groups is 1. The monoisotopic (exact) mass is 315 g/mol. The first-order valence-corrected chi connectivity index (χ1v) is 7.58. The zero-order chi connectivity index (χ0) is 16.2. The number of aromatic hydroxyl groups is 1. The van der Waals surface area contributed by atoms with Crippen molar-refractivity contribution in [3.8, 4) is 5.75 Å². The molecule has 1 fully saturated rings. The molecule has 0 radical (unpaired) electrons. The lowest BCUT2D eigenvalue weighted by Gasteiger charge is -2.32. The Labute approximate surface area is 133 Å². The molecule has 0 unspecified atom stereocenters. The van der Waals surface area contributed by atoms with E-state index >= 15 is 0 Å². The van der Waals surface area contributed by atoms with Crippen molar-refractivity contribution in [3.05, 3.63) is 54.0 Å². The fourth-order valence-electron chi connectivity index (χ4n) is 2.80. The van der Waals surface area contributed by atoms with Crippen molar-refractivity contribution < 1.29 is 14.3 Å². The molecule has 1 aliphatic heterocycles. The normalized spacial score (nSPS) is 15.4. The number of nitrogens with one attached hydrogen (secondary N) is 1. The number of piperidine rings is 1. The average Bonchev–Trinajstić information content (AvgIpc) is 2.58. The number of nitrogens with zero attached hydrogens (tertiary/aromatic N) is 2. The highest BCUT2D eigenvalue weighted by atomic mass is 19.1. The van der Waals surface area contributed by atoms with E-state index in [9.17, 15) is 14.3 Å². The molecular weight excluding hydrogens is 297 g/mol. The number of aromatic nitrogens is 1. The van der Waals surface area contributed by atoms with E-state index in [2.05, 4.69) is 10.3 Å². The number of halogens is 1. The van der Waals surface area contributed by atoms with Crippen LogP contribution in [0.3, 0.4) is 0 Å². The van der Waals surface area contributed by atoms with E-state index in [4.69, 9.17) is 0 Å². The number of hydrogen-bond donors (Lipinski definition) is 2. The van der Waals surface area contributed by atoms with E-state index in [1.165, 1.54) is 24.4 Å². The zero-order valence-electron chi connectivity index (χ0n) is 12.6. The third-order valence-corrected chi connectivity index (χ3v) is 4.11. The Kier molecular flexibility index (Phi) is 4.41. The molecule has 5 nitrogen and oxygen atoms in total. The molecule has 1 aliphatic rings. The molecule has 2 aromatic rings. The van der Waals surface area contributed by atoms with Gasteiger partial charge in [0.05, 0.1) is 6.20 Å². The summed E-state index contributed by atoms with van der Waals surface area (Å²) in [6, 6.07) is 9.42. The van der Waals surface area contributed by atoms with Gasteiger partial charge in [-0.3, -0.25) is 5.32 Å². The van der Waals surface area contributed by atoms with Gasteiger partial charge < -0.3 is 10.0 Å². The molecule has 0 bridgehead atoms. The highest BCUT2D eigenvalue weighted by Crippen LogP contribution is 2.28. The van der Waals surface area contributed by atoms with Crippen LogP contribution in [0.1, 0.15) is 24.3 Å². The lowest BCUT2D eigenvalue weighted by molar-refractivity contribution is 0.194. The first-order valence-electron chi connectivity index (χ1n) is 7.58. The highest BCUT2D eigenvalue weighted by molar-refractivity contribution is 5.88. The number of likely N-dealkylation sites (tertiary alicyclic amines) is 1. The first kappa shape index (κ1) is 15.3. The van der Waals surface area contributed by atoms with Crippen molar-refractivity contribution in [2.45, 2.75) is 18.8 Å². The van der Waals surface area contributed by atoms with Gasteiger partial charge in [-0.1, -0.05) is 12.1 Å². The number of carbonyl (C=O) groups excluding carboxylic acids is 1. The van der Waals surface area contributed by atoms with Gasteiger partial charge in [0, 0.05) is 13.1 Å². The van der Waals surface area contributed by atoms with Gasteiger partial charge in [0.1, 0.15) is 17.4 Å². The average molecular weight is 315 g/mol. The summed E-state index contributed by atoms with van der Waals surface area (Å²) in [5, 5.41) is 11.9. The maximum absolute atomic E-state index is 13.0. The summed E-state index contributed by atoms with van der Waals surface area (Å²) < 4.78 is 13.0. The zero-order valence-corrected chi connectivity index (χ0v) is 12.6. The maximum atomic E-state index is 13.0. The number of amides is 2. The van der Waals surface area contributed by atoms with Crippen molar-refractivity contribution in [2.24, 2.45) is 0 Å². The highest BCUT2D eigenvalue weighted by Gasteiger charge is 2.24. The van der Waals surface area contributed by atoms with Crippen LogP contribution in [-0.4, -0.2) is 34.1 Å². The van der Waals surface area contributed by atoms with Gasteiger partial charge in [0.25, 0.3) is 0 Å². The Bertz CT molecular complexity index is 665. The Balaban J connectivity index is 1.54. The second kappa shape index (κ2) is 6.64. The summed E-state index contributed by atoms with van der Waals surface area (Å²) in [6.45, 7) is 1.29. The third kappa shape index (κ3) is 3.77. The van der Waals surface area contributed by atoms with Gasteiger partial charge in [0.15, 0.2) is 0 Å². The molecule has 2 heterocycles. The van der Waals surface area contributed by atoms with Gasteiger partial charge in [-0.25, -0.2) is 14.2 Å². The maximum Gasteiger partial charge on any atom is 0.323 e. The Morgan fingerprint density at radius 1 is 1.17 bits per heavy atom. The summed E-state index contributed by atoms with van der Waals surface area (Å²) >= 11 is 0. The number of benzene rings is 1. The van der Waals surface area contributed by atoms with Gasteiger partial charge in [0.2, 0.25) is 0 Å². The van der Waals surface area contributed by atoms with Gasteiger partial charge >= 0.3 is 6.03 Å². The molecule has 2 N–H and O–H groups in total. The fraction of sp³-hybridized carbons (Fsp3) is 0.294. The molecule has 1 aromatic carbocycles. The molecule has 23 heavy (non-hydrogen) atoms. The third-order valence-electron chi connectivity index (χ3n) is 4.11. The SMILES string of the molecule is O=C(Nc1ccc(O)cn1)N1CCC(c2ccc(F)cc2)CC1.